The Bertz CT molecular complexity index is 300. The van der Waals surface area contributed by atoms with Gasteiger partial charge in [-0.25, -0.2) is 0 Å². The number of hydrogen-bond donors (Lipinski definition) is 0. The molecule has 0 aliphatic heterocycles. The molecule has 1 heteroatoms. The third-order valence-electron chi connectivity index (χ3n) is 3.77. The summed E-state index contributed by atoms with van der Waals surface area (Å²) in [5, 5.41) is 0. The minimum atomic E-state index is -0.172. The van der Waals surface area contributed by atoms with Gasteiger partial charge in [0.15, 0.2) is 0 Å². The van der Waals surface area contributed by atoms with Crippen LogP contribution in [0.15, 0.2) is 11.6 Å². The van der Waals surface area contributed by atoms with Crippen LogP contribution in [0.1, 0.15) is 59.3 Å². The molecule has 1 saturated carbocycles. The minimum Gasteiger partial charge on any atom is -0.298 e. The number of carbonyl (C=O) groups excluding carboxylic acids is 1. The molecule has 0 amide bonds. The highest BCUT2D eigenvalue weighted by atomic mass is 16.1. The summed E-state index contributed by atoms with van der Waals surface area (Å²) in [5.74, 6) is 0.475. The zero-order valence-corrected chi connectivity index (χ0v) is 10.2. The standard InChI is InChI=1S/C14H22O/c1-13(2,3)12(15)14(9-10-14)11-7-5-4-6-8-11/h7H,4-6,8-10H2,1-3H3. The van der Waals surface area contributed by atoms with E-state index < -0.39 is 0 Å². The fourth-order valence-corrected chi connectivity index (χ4v) is 2.81. The molecule has 0 atom stereocenters. The van der Waals surface area contributed by atoms with Crippen molar-refractivity contribution in [2.24, 2.45) is 10.8 Å². The molecule has 15 heavy (non-hydrogen) atoms. The molecule has 0 N–H and O–H groups in total. The molecule has 0 radical (unpaired) electrons. The van der Waals surface area contributed by atoms with Gasteiger partial charge in [-0.1, -0.05) is 32.4 Å². The topological polar surface area (TPSA) is 17.1 Å². The first-order chi connectivity index (χ1) is 6.97. The number of ketones is 1. The highest BCUT2D eigenvalue weighted by Gasteiger charge is 2.54. The van der Waals surface area contributed by atoms with E-state index in [1.165, 1.54) is 31.3 Å². The van der Waals surface area contributed by atoms with Crippen molar-refractivity contribution in [3.05, 3.63) is 11.6 Å². The van der Waals surface area contributed by atoms with Gasteiger partial charge in [0.2, 0.25) is 0 Å². The van der Waals surface area contributed by atoms with Gasteiger partial charge in [-0.3, -0.25) is 4.79 Å². The molecule has 84 valence electrons. The third-order valence-corrected chi connectivity index (χ3v) is 3.77. The van der Waals surface area contributed by atoms with Gasteiger partial charge in [-0.2, -0.15) is 0 Å². The van der Waals surface area contributed by atoms with E-state index >= 15 is 0 Å². The van der Waals surface area contributed by atoms with Crippen LogP contribution in [0.4, 0.5) is 0 Å². The van der Waals surface area contributed by atoms with Gasteiger partial charge in [-0.15, -0.1) is 0 Å². The predicted molar refractivity (Wildman–Crippen MR) is 62.7 cm³/mol. The zero-order chi connectivity index (χ0) is 11.1. The lowest BCUT2D eigenvalue weighted by molar-refractivity contribution is -0.130. The van der Waals surface area contributed by atoms with Crippen molar-refractivity contribution in [1.29, 1.82) is 0 Å². The second-order valence-electron chi connectivity index (χ2n) is 6.14. The van der Waals surface area contributed by atoms with Gasteiger partial charge in [0.1, 0.15) is 5.78 Å². The Morgan fingerprint density at radius 2 is 1.93 bits per heavy atom. The molecule has 0 heterocycles. The molecule has 1 fully saturated rings. The van der Waals surface area contributed by atoms with Crippen LogP contribution < -0.4 is 0 Å². The van der Waals surface area contributed by atoms with Crippen molar-refractivity contribution in [2.75, 3.05) is 0 Å². The summed E-state index contributed by atoms with van der Waals surface area (Å²) in [6.07, 6.45) is 9.51. The summed E-state index contributed by atoms with van der Waals surface area (Å²) in [5.41, 5.74) is 1.28. The van der Waals surface area contributed by atoms with Crippen LogP contribution in [0, 0.1) is 10.8 Å². The van der Waals surface area contributed by atoms with E-state index in [9.17, 15) is 4.79 Å². The number of Topliss-reactive ketones (excluding diaryl/α,β-unsaturated/α-hetero) is 1. The van der Waals surface area contributed by atoms with E-state index in [1.54, 1.807) is 0 Å². The summed E-state index contributed by atoms with van der Waals surface area (Å²) >= 11 is 0. The molecule has 0 bridgehead atoms. The van der Waals surface area contributed by atoms with E-state index in [2.05, 4.69) is 26.8 Å². The normalized spacial score (nSPS) is 24.6. The molecule has 0 aromatic heterocycles. The summed E-state index contributed by atoms with van der Waals surface area (Å²) in [6.45, 7) is 6.16. The number of hydrogen-bond acceptors (Lipinski definition) is 1. The van der Waals surface area contributed by atoms with Crippen LogP contribution in [0.2, 0.25) is 0 Å². The molecular formula is C14H22O. The molecule has 1 nitrogen and oxygen atoms in total. The summed E-state index contributed by atoms with van der Waals surface area (Å²) in [7, 11) is 0. The van der Waals surface area contributed by atoms with Crippen LogP contribution >= 0.6 is 0 Å². The molecule has 0 aromatic carbocycles. The Balaban J connectivity index is 2.20. The average molecular weight is 206 g/mol. The van der Waals surface area contributed by atoms with E-state index in [4.69, 9.17) is 0 Å². The number of carbonyl (C=O) groups is 1. The van der Waals surface area contributed by atoms with Gasteiger partial charge in [0.05, 0.1) is 5.41 Å². The first kappa shape index (κ1) is 10.9. The van der Waals surface area contributed by atoms with Crippen molar-refractivity contribution in [2.45, 2.75) is 59.3 Å². The van der Waals surface area contributed by atoms with Crippen LogP contribution in [-0.4, -0.2) is 5.78 Å². The highest BCUT2D eigenvalue weighted by molar-refractivity contribution is 5.94. The Morgan fingerprint density at radius 3 is 2.33 bits per heavy atom. The van der Waals surface area contributed by atoms with E-state index in [-0.39, 0.29) is 10.8 Å². The van der Waals surface area contributed by atoms with Gasteiger partial charge >= 0.3 is 0 Å². The van der Waals surface area contributed by atoms with Crippen molar-refractivity contribution in [1.82, 2.24) is 0 Å². The second-order valence-corrected chi connectivity index (χ2v) is 6.14. The lowest BCUT2D eigenvalue weighted by Gasteiger charge is -2.28. The smallest absolute Gasteiger partial charge is 0.148 e. The van der Waals surface area contributed by atoms with Crippen molar-refractivity contribution < 1.29 is 4.79 Å². The maximum absolute atomic E-state index is 12.4. The van der Waals surface area contributed by atoms with Crippen LogP contribution in [0.5, 0.6) is 0 Å². The molecular weight excluding hydrogens is 184 g/mol. The number of rotatable bonds is 2. The van der Waals surface area contributed by atoms with Gasteiger partial charge in [0.25, 0.3) is 0 Å². The fourth-order valence-electron chi connectivity index (χ4n) is 2.81. The second kappa shape index (κ2) is 3.47. The molecule has 0 spiro atoms. The fraction of sp³-hybridized carbons (Fsp3) is 0.786. The summed E-state index contributed by atoms with van der Waals surface area (Å²) in [4.78, 5) is 12.4. The van der Waals surface area contributed by atoms with E-state index in [0.29, 0.717) is 5.78 Å². The average Bonchev–Trinajstić information content (AvgIpc) is 2.97. The van der Waals surface area contributed by atoms with Crippen molar-refractivity contribution in [3.8, 4) is 0 Å². The molecule has 2 aliphatic carbocycles. The van der Waals surface area contributed by atoms with Gasteiger partial charge in [0, 0.05) is 5.41 Å². The Labute approximate surface area is 92.9 Å². The Kier molecular flexibility index (Phi) is 2.52. The molecule has 0 aromatic rings. The first-order valence-corrected chi connectivity index (χ1v) is 6.21. The van der Waals surface area contributed by atoms with Gasteiger partial charge in [-0.05, 0) is 38.5 Å². The van der Waals surface area contributed by atoms with Crippen molar-refractivity contribution in [3.63, 3.8) is 0 Å². The highest BCUT2D eigenvalue weighted by Crippen LogP contribution is 2.57. The molecule has 2 rings (SSSR count). The lowest BCUT2D eigenvalue weighted by atomic mass is 9.75. The lowest BCUT2D eigenvalue weighted by Crippen LogP contribution is -2.31. The quantitative estimate of drug-likeness (QED) is 0.627. The van der Waals surface area contributed by atoms with E-state index in [1.807, 2.05) is 0 Å². The summed E-state index contributed by atoms with van der Waals surface area (Å²) < 4.78 is 0. The van der Waals surface area contributed by atoms with Crippen LogP contribution in [-0.2, 0) is 4.79 Å². The molecule has 2 aliphatic rings. The molecule has 0 saturated heterocycles. The number of allylic oxidation sites excluding steroid dienone is 2. The van der Waals surface area contributed by atoms with Crippen LogP contribution in [0.3, 0.4) is 0 Å². The predicted octanol–water partition coefficient (Wildman–Crippen LogP) is 3.88. The maximum Gasteiger partial charge on any atom is 0.148 e. The molecule has 0 unspecified atom stereocenters. The van der Waals surface area contributed by atoms with E-state index in [0.717, 1.165) is 12.8 Å². The first-order valence-electron chi connectivity index (χ1n) is 6.21. The monoisotopic (exact) mass is 206 g/mol. The maximum atomic E-state index is 12.4. The summed E-state index contributed by atoms with van der Waals surface area (Å²) in [6, 6.07) is 0. The Hall–Kier alpha value is -0.590. The van der Waals surface area contributed by atoms with Crippen molar-refractivity contribution >= 4 is 5.78 Å². The zero-order valence-electron chi connectivity index (χ0n) is 10.2. The van der Waals surface area contributed by atoms with Crippen LogP contribution in [0.25, 0.3) is 0 Å². The minimum absolute atomic E-state index is 0.0152. The largest absolute Gasteiger partial charge is 0.298 e. The van der Waals surface area contributed by atoms with Gasteiger partial charge < -0.3 is 0 Å². The Morgan fingerprint density at radius 1 is 1.27 bits per heavy atom. The SMILES string of the molecule is CC(C)(C)C(=O)C1(C2=CCCCC2)CC1. The third kappa shape index (κ3) is 1.89.